The second-order valence-corrected chi connectivity index (χ2v) is 9.00. The van der Waals surface area contributed by atoms with Crippen molar-refractivity contribution >= 4 is 17.9 Å². The summed E-state index contributed by atoms with van der Waals surface area (Å²) in [5, 5.41) is 0. The Labute approximate surface area is 200 Å². The van der Waals surface area contributed by atoms with Crippen molar-refractivity contribution in [3.63, 3.8) is 0 Å². The quantitative estimate of drug-likeness (QED) is 0.529. The minimum atomic E-state index is -0.177. The van der Waals surface area contributed by atoms with Gasteiger partial charge >= 0.3 is 0 Å². The minimum absolute atomic E-state index is 0.177. The van der Waals surface area contributed by atoms with E-state index in [-0.39, 0.29) is 11.8 Å². The molecule has 174 valence electrons. The van der Waals surface area contributed by atoms with E-state index in [1.54, 1.807) is 0 Å². The Bertz CT molecular complexity index is 1180. The van der Waals surface area contributed by atoms with Crippen LogP contribution in [-0.4, -0.2) is 70.5 Å². The van der Waals surface area contributed by atoms with Crippen LogP contribution in [-0.2, 0) is 0 Å². The summed E-state index contributed by atoms with van der Waals surface area (Å²) in [6.45, 7) is 8.61. The van der Waals surface area contributed by atoms with Gasteiger partial charge in [0.1, 0.15) is 0 Å². The summed E-state index contributed by atoms with van der Waals surface area (Å²) in [4.78, 5) is 32.6. The van der Waals surface area contributed by atoms with Crippen LogP contribution in [0, 0.1) is 13.8 Å². The highest BCUT2D eigenvalue weighted by Gasteiger charge is 2.42. The summed E-state index contributed by atoms with van der Waals surface area (Å²) >= 11 is 0. The van der Waals surface area contributed by atoms with Gasteiger partial charge in [0.15, 0.2) is 0 Å². The third-order valence-corrected chi connectivity index (χ3v) is 6.86. The molecule has 34 heavy (non-hydrogen) atoms. The van der Waals surface area contributed by atoms with Gasteiger partial charge in [-0.1, -0.05) is 60.7 Å². The second kappa shape index (κ2) is 9.41. The second-order valence-electron chi connectivity index (χ2n) is 9.00. The molecule has 0 spiro atoms. The largest absolute Gasteiger partial charge is 0.317 e. The number of carbonyl (C=O) groups is 2. The fourth-order valence-electron chi connectivity index (χ4n) is 5.03. The van der Waals surface area contributed by atoms with Gasteiger partial charge in [0, 0.05) is 49.8 Å². The van der Waals surface area contributed by atoms with Gasteiger partial charge in [0.2, 0.25) is 0 Å². The number of para-hydroxylation sites is 1. The zero-order valence-electron chi connectivity index (χ0n) is 19.8. The van der Waals surface area contributed by atoms with Crippen LogP contribution in [0.5, 0.6) is 0 Å². The van der Waals surface area contributed by atoms with Crippen molar-refractivity contribution in [3.05, 3.63) is 94.8 Å². The van der Waals surface area contributed by atoms with Crippen molar-refractivity contribution in [1.82, 2.24) is 19.3 Å². The topological polar surface area (TPSA) is 48.8 Å². The van der Waals surface area contributed by atoms with Crippen molar-refractivity contribution in [2.75, 3.05) is 39.4 Å². The molecule has 0 unspecified atom stereocenters. The molecule has 3 heterocycles. The van der Waals surface area contributed by atoms with E-state index in [0.29, 0.717) is 17.8 Å². The molecule has 1 fully saturated rings. The zero-order valence-corrected chi connectivity index (χ0v) is 19.8. The Morgan fingerprint density at radius 3 is 1.85 bits per heavy atom. The Kier molecular flexibility index (Phi) is 6.18. The number of nitrogens with zero attached hydrogens (tertiary/aromatic N) is 4. The molecule has 1 saturated heterocycles. The number of rotatable bonds is 6. The molecule has 1 aromatic heterocycles. The number of imide groups is 1. The van der Waals surface area contributed by atoms with Gasteiger partial charge in [-0.3, -0.25) is 24.3 Å². The molecule has 3 aromatic rings. The third-order valence-electron chi connectivity index (χ3n) is 6.86. The first kappa shape index (κ1) is 22.3. The highest BCUT2D eigenvalue weighted by Crippen LogP contribution is 2.33. The summed E-state index contributed by atoms with van der Waals surface area (Å²) in [6.07, 6.45) is 4.35. The molecular formula is C28H30N4O2. The van der Waals surface area contributed by atoms with Crippen LogP contribution in [0.1, 0.15) is 37.7 Å². The lowest BCUT2D eigenvalue weighted by Crippen LogP contribution is -2.51. The van der Waals surface area contributed by atoms with Gasteiger partial charge in [0.25, 0.3) is 11.8 Å². The fraction of sp³-hybridized carbons (Fsp3) is 0.286. The van der Waals surface area contributed by atoms with E-state index >= 15 is 0 Å². The first-order valence-electron chi connectivity index (χ1n) is 11.8. The summed E-state index contributed by atoms with van der Waals surface area (Å²) < 4.78 is 2.01. The van der Waals surface area contributed by atoms with E-state index in [1.165, 1.54) is 10.5 Å². The maximum Gasteiger partial charge on any atom is 0.264 e. The first-order valence-corrected chi connectivity index (χ1v) is 11.8. The smallest absolute Gasteiger partial charge is 0.264 e. The molecule has 2 aromatic carbocycles. The predicted molar refractivity (Wildman–Crippen MR) is 134 cm³/mol. The third kappa shape index (κ3) is 4.11. The van der Waals surface area contributed by atoms with Crippen molar-refractivity contribution in [3.8, 4) is 5.69 Å². The molecule has 0 bridgehead atoms. The van der Waals surface area contributed by atoms with Gasteiger partial charge < -0.3 is 4.57 Å². The standard InChI is InChI=1S/C28H30N4O2/c1-21-25-26(22(2)32(21)24-13-7-4-8-14-24)28(34)31(27(25)33)20-30-18-16-29(17-19-30)15-9-12-23-10-5-3-6-11-23/h3-14H,15-20H2,1-2H3/b12-9+. The first-order chi connectivity index (χ1) is 16.5. The fourth-order valence-corrected chi connectivity index (χ4v) is 5.03. The van der Waals surface area contributed by atoms with Crippen LogP contribution in [0.4, 0.5) is 0 Å². The number of fused-ring (bicyclic) bond motifs is 1. The number of amides is 2. The average Bonchev–Trinajstić information content (AvgIpc) is 3.27. The van der Waals surface area contributed by atoms with Gasteiger partial charge in [-0.05, 0) is 31.5 Å². The van der Waals surface area contributed by atoms with Crippen molar-refractivity contribution in [1.29, 1.82) is 0 Å². The van der Waals surface area contributed by atoms with Crippen molar-refractivity contribution in [2.45, 2.75) is 13.8 Å². The lowest BCUT2D eigenvalue weighted by molar-refractivity contribution is 0.0463. The van der Waals surface area contributed by atoms with Crippen LogP contribution in [0.3, 0.4) is 0 Å². The Hall–Kier alpha value is -3.48. The van der Waals surface area contributed by atoms with E-state index in [9.17, 15) is 9.59 Å². The molecule has 0 aliphatic carbocycles. The molecule has 2 aliphatic rings. The van der Waals surface area contributed by atoms with E-state index in [4.69, 9.17) is 0 Å². The highest BCUT2D eigenvalue weighted by molar-refractivity contribution is 6.22. The minimum Gasteiger partial charge on any atom is -0.317 e. The molecule has 6 nitrogen and oxygen atoms in total. The average molecular weight is 455 g/mol. The van der Waals surface area contributed by atoms with Gasteiger partial charge in [-0.15, -0.1) is 0 Å². The number of aromatic nitrogens is 1. The van der Waals surface area contributed by atoms with Crippen LogP contribution in [0.2, 0.25) is 0 Å². The summed E-state index contributed by atoms with van der Waals surface area (Å²) in [5.74, 6) is -0.355. The number of piperazine rings is 1. The Morgan fingerprint density at radius 2 is 1.26 bits per heavy atom. The monoisotopic (exact) mass is 454 g/mol. The molecule has 5 rings (SSSR count). The lowest BCUT2D eigenvalue weighted by Gasteiger charge is -2.35. The molecule has 2 amide bonds. The highest BCUT2D eigenvalue weighted by atomic mass is 16.2. The van der Waals surface area contributed by atoms with Gasteiger partial charge in [-0.25, -0.2) is 0 Å². The zero-order chi connectivity index (χ0) is 23.7. The SMILES string of the molecule is Cc1c2c(c(C)n1-c1ccccc1)C(=O)N(CN1CCN(C/C=C/c3ccccc3)CC1)C2=O. The Morgan fingerprint density at radius 1 is 0.735 bits per heavy atom. The molecule has 0 radical (unpaired) electrons. The number of carbonyl (C=O) groups excluding carboxylic acids is 2. The molecule has 0 N–H and O–H groups in total. The number of benzene rings is 2. The molecule has 0 saturated carbocycles. The predicted octanol–water partition coefficient (Wildman–Crippen LogP) is 3.98. The van der Waals surface area contributed by atoms with Crippen LogP contribution >= 0.6 is 0 Å². The molecule has 2 aliphatic heterocycles. The van der Waals surface area contributed by atoms with E-state index in [0.717, 1.165) is 49.8 Å². The van der Waals surface area contributed by atoms with Crippen molar-refractivity contribution in [2.24, 2.45) is 0 Å². The maximum absolute atomic E-state index is 13.3. The maximum atomic E-state index is 13.3. The summed E-state index contributed by atoms with van der Waals surface area (Å²) in [5.41, 5.74) is 4.94. The van der Waals surface area contributed by atoms with E-state index < -0.39 is 0 Å². The van der Waals surface area contributed by atoms with Crippen LogP contribution < -0.4 is 0 Å². The Balaban J connectivity index is 1.21. The van der Waals surface area contributed by atoms with Crippen LogP contribution in [0.25, 0.3) is 11.8 Å². The summed E-state index contributed by atoms with van der Waals surface area (Å²) in [7, 11) is 0. The van der Waals surface area contributed by atoms with E-state index in [2.05, 4.69) is 34.1 Å². The normalized spacial score (nSPS) is 17.2. The number of hydrogen-bond acceptors (Lipinski definition) is 4. The van der Waals surface area contributed by atoms with Crippen molar-refractivity contribution < 1.29 is 9.59 Å². The summed E-state index contributed by atoms with van der Waals surface area (Å²) in [6, 6.07) is 20.2. The lowest BCUT2D eigenvalue weighted by atomic mass is 10.1. The molecular weight excluding hydrogens is 424 g/mol. The van der Waals surface area contributed by atoms with Crippen LogP contribution in [0.15, 0.2) is 66.7 Å². The molecule has 6 heteroatoms. The van der Waals surface area contributed by atoms with Gasteiger partial charge in [0.05, 0.1) is 17.8 Å². The van der Waals surface area contributed by atoms with Gasteiger partial charge in [-0.2, -0.15) is 0 Å². The van der Waals surface area contributed by atoms with E-state index in [1.807, 2.05) is 66.9 Å². The molecule has 0 atom stereocenters. The number of hydrogen-bond donors (Lipinski definition) is 0.